The van der Waals surface area contributed by atoms with Crippen molar-refractivity contribution in [2.45, 2.75) is 28.8 Å². The molecule has 1 aliphatic rings. The van der Waals surface area contributed by atoms with E-state index in [2.05, 4.69) is 32.0 Å². The van der Waals surface area contributed by atoms with Crippen LogP contribution in [0.3, 0.4) is 0 Å². The molecule has 2 N–H and O–H groups in total. The predicted molar refractivity (Wildman–Crippen MR) is 253 cm³/mol. The van der Waals surface area contributed by atoms with Crippen molar-refractivity contribution >= 4 is 56.4 Å². The first-order valence-corrected chi connectivity index (χ1v) is 23.4. The van der Waals surface area contributed by atoms with E-state index in [-0.39, 0.29) is 23.0 Å². The lowest BCUT2D eigenvalue weighted by atomic mass is 9.99. The summed E-state index contributed by atoms with van der Waals surface area (Å²) in [6.45, 7) is 4.13. The van der Waals surface area contributed by atoms with E-state index in [1.165, 1.54) is 23.8 Å². The van der Waals surface area contributed by atoms with Crippen molar-refractivity contribution in [1.82, 2.24) is 14.5 Å². The number of benzene rings is 6. The molecule has 0 aliphatic carbocycles. The number of carbonyl (C=O) groups is 1. The molecule has 326 valence electrons. The van der Waals surface area contributed by atoms with Gasteiger partial charge in [-0.25, -0.2) is 13.1 Å². The summed E-state index contributed by atoms with van der Waals surface area (Å²) >= 11 is 7.79. The number of carbonyl (C=O) groups excluding carboxylic acids is 1. The number of nitrogens with zero attached hydrogens (tertiary/aromatic N) is 4. The molecule has 0 saturated carbocycles. The molecule has 6 aromatic rings. The van der Waals surface area contributed by atoms with Crippen LogP contribution in [0.25, 0.3) is 11.1 Å². The number of amides is 1. The SMILES string of the molecule is CN(C)CC[C@H](CSc1ccccc1)Nc1ccc(S(=O)(=O)NC(=O)c2cccc(N3CCN(Cc4ccccc4-c4ccc(Cl)cc4)CC3)c2Oc2ccccc2)cc1[N+](=O)[O-]. The van der Waals surface area contributed by atoms with E-state index >= 15 is 0 Å². The Morgan fingerprint density at radius 2 is 1.54 bits per heavy atom. The highest BCUT2D eigenvalue weighted by atomic mass is 35.5. The molecule has 0 unspecified atom stereocenters. The minimum Gasteiger partial charge on any atom is -0.454 e. The number of halogens is 1. The number of hydrogen-bond donors (Lipinski definition) is 2. The molecule has 0 spiro atoms. The van der Waals surface area contributed by atoms with Crippen LogP contribution in [0.2, 0.25) is 5.02 Å². The van der Waals surface area contributed by atoms with Crippen molar-refractivity contribution in [3.63, 3.8) is 0 Å². The van der Waals surface area contributed by atoms with Gasteiger partial charge in [-0.2, -0.15) is 0 Å². The second-order valence-electron chi connectivity index (χ2n) is 15.4. The fourth-order valence-electron chi connectivity index (χ4n) is 7.36. The van der Waals surface area contributed by atoms with Gasteiger partial charge in [0.1, 0.15) is 11.4 Å². The molecule has 1 atom stereocenters. The van der Waals surface area contributed by atoms with Gasteiger partial charge in [0, 0.05) is 60.5 Å². The molecule has 1 heterocycles. The maximum absolute atomic E-state index is 14.1. The predicted octanol–water partition coefficient (Wildman–Crippen LogP) is 9.67. The van der Waals surface area contributed by atoms with Crippen LogP contribution in [0.4, 0.5) is 17.1 Å². The summed E-state index contributed by atoms with van der Waals surface area (Å²) in [4.78, 5) is 33.1. The Kier molecular flexibility index (Phi) is 15.0. The summed E-state index contributed by atoms with van der Waals surface area (Å²) in [5, 5.41) is 16.4. The number of para-hydroxylation sites is 2. The monoisotopic (exact) mass is 904 g/mol. The maximum Gasteiger partial charge on any atom is 0.293 e. The zero-order valence-corrected chi connectivity index (χ0v) is 37.4. The van der Waals surface area contributed by atoms with Gasteiger partial charge in [-0.15, -0.1) is 11.8 Å². The molecular weight excluding hydrogens is 856 g/mol. The van der Waals surface area contributed by atoms with Crippen LogP contribution in [-0.4, -0.2) is 87.7 Å². The lowest BCUT2D eigenvalue weighted by molar-refractivity contribution is -0.384. The van der Waals surface area contributed by atoms with E-state index in [1.54, 1.807) is 42.1 Å². The summed E-state index contributed by atoms with van der Waals surface area (Å²) in [5.74, 6) is 0.337. The van der Waals surface area contributed by atoms with Gasteiger partial charge in [0.15, 0.2) is 5.75 Å². The molecule has 1 amide bonds. The van der Waals surface area contributed by atoms with Crippen LogP contribution in [0, 0.1) is 10.1 Å². The highest BCUT2D eigenvalue weighted by molar-refractivity contribution is 7.99. The van der Waals surface area contributed by atoms with Crippen molar-refractivity contribution in [3.05, 3.63) is 172 Å². The lowest BCUT2D eigenvalue weighted by Gasteiger charge is -2.37. The topological polar surface area (TPSA) is 137 Å². The van der Waals surface area contributed by atoms with Gasteiger partial charge < -0.3 is 19.9 Å². The van der Waals surface area contributed by atoms with Crippen molar-refractivity contribution in [2.75, 3.05) is 62.8 Å². The molecule has 1 fully saturated rings. The number of nitro benzene ring substituents is 1. The van der Waals surface area contributed by atoms with Crippen molar-refractivity contribution in [1.29, 1.82) is 0 Å². The van der Waals surface area contributed by atoms with Crippen LogP contribution < -0.4 is 19.7 Å². The number of piperazine rings is 1. The number of nitrogens with one attached hydrogen (secondary N) is 2. The second kappa shape index (κ2) is 21.0. The minimum atomic E-state index is -4.59. The standard InChI is InChI=1S/C48H49ClN6O6S2/c1-52(2)27-26-38(34-62-40-15-7-4-8-16-40)50-44-25-24-41(32-46(44)55(57)58)63(59,60)51-48(56)43-18-11-19-45(47(43)61-39-13-5-3-6-14-39)54-30-28-53(29-31-54)33-36-12-9-10-17-42(36)35-20-22-37(49)23-21-35/h3-25,32,38,50H,26-31,33-34H2,1-2H3,(H,51,56)/t38-/m1/s1. The van der Waals surface area contributed by atoms with Gasteiger partial charge in [-0.05, 0) is 104 Å². The zero-order chi connectivity index (χ0) is 44.3. The zero-order valence-electron chi connectivity index (χ0n) is 35.0. The Balaban J connectivity index is 1.09. The molecule has 1 aliphatic heterocycles. The molecular formula is C48H49ClN6O6S2. The fourth-order valence-corrected chi connectivity index (χ4v) is 9.46. The van der Waals surface area contributed by atoms with Gasteiger partial charge in [-0.1, -0.05) is 90.5 Å². The average Bonchev–Trinajstić information content (AvgIpc) is 3.28. The van der Waals surface area contributed by atoms with Crippen LogP contribution >= 0.6 is 23.4 Å². The van der Waals surface area contributed by atoms with E-state index in [0.29, 0.717) is 41.7 Å². The summed E-state index contributed by atoms with van der Waals surface area (Å²) < 4.78 is 36.3. The Bertz CT molecular complexity index is 2610. The largest absolute Gasteiger partial charge is 0.454 e. The number of hydrogen-bond acceptors (Lipinski definition) is 11. The number of thioether (sulfide) groups is 1. The third-order valence-corrected chi connectivity index (χ3v) is 13.4. The van der Waals surface area contributed by atoms with Crippen molar-refractivity contribution in [3.8, 4) is 22.6 Å². The molecule has 1 saturated heterocycles. The van der Waals surface area contributed by atoms with E-state index in [4.69, 9.17) is 16.3 Å². The molecule has 63 heavy (non-hydrogen) atoms. The number of sulfonamides is 1. The fraction of sp³-hybridized carbons (Fsp3) is 0.229. The molecule has 12 nitrogen and oxygen atoms in total. The van der Waals surface area contributed by atoms with Crippen molar-refractivity contribution < 1.29 is 22.9 Å². The Labute approximate surface area is 378 Å². The van der Waals surface area contributed by atoms with E-state index in [1.807, 2.05) is 97.9 Å². The normalized spacial score (nSPS) is 13.7. The average molecular weight is 906 g/mol. The number of rotatable bonds is 18. The number of ether oxygens (including phenoxy) is 1. The summed E-state index contributed by atoms with van der Waals surface area (Å²) in [6.07, 6.45) is 0.682. The first-order chi connectivity index (χ1) is 30.4. The van der Waals surface area contributed by atoms with Gasteiger partial charge in [0.05, 0.1) is 21.1 Å². The second-order valence-corrected chi connectivity index (χ2v) is 18.6. The molecule has 0 aromatic heterocycles. The van der Waals surface area contributed by atoms with E-state index in [0.717, 1.165) is 48.3 Å². The Morgan fingerprint density at radius 1 is 0.857 bits per heavy atom. The van der Waals surface area contributed by atoms with Crippen LogP contribution in [-0.2, 0) is 16.6 Å². The molecule has 0 radical (unpaired) electrons. The summed E-state index contributed by atoms with van der Waals surface area (Å²) in [7, 11) is -0.679. The highest BCUT2D eigenvalue weighted by Gasteiger charge is 2.29. The third-order valence-electron chi connectivity index (χ3n) is 10.7. The first kappa shape index (κ1) is 45.1. The Hall–Kier alpha value is -5.90. The summed E-state index contributed by atoms with van der Waals surface area (Å²) in [6, 6.07) is 43.5. The lowest BCUT2D eigenvalue weighted by Crippen LogP contribution is -2.46. The third kappa shape index (κ3) is 12.0. The number of nitro groups is 1. The van der Waals surface area contributed by atoms with Gasteiger partial charge in [-0.3, -0.25) is 19.8 Å². The summed E-state index contributed by atoms with van der Waals surface area (Å²) in [5.41, 5.74) is 3.81. The molecule has 6 aromatic carbocycles. The van der Waals surface area contributed by atoms with Crippen molar-refractivity contribution in [2.24, 2.45) is 0 Å². The molecule has 7 rings (SSSR count). The van der Waals surface area contributed by atoms with Crippen LogP contribution in [0.15, 0.2) is 155 Å². The quantitative estimate of drug-likeness (QED) is 0.0485. The minimum absolute atomic E-state index is 0.00770. The number of anilines is 2. The highest BCUT2D eigenvalue weighted by Crippen LogP contribution is 2.38. The van der Waals surface area contributed by atoms with Gasteiger partial charge in [0.2, 0.25) is 0 Å². The first-order valence-electron chi connectivity index (χ1n) is 20.6. The van der Waals surface area contributed by atoms with E-state index in [9.17, 15) is 23.3 Å². The van der Waals surface area contributed by atoms with Crippen LogP contribution in [0.5, 0.6) is 11.5 Å². The van der Waals surface area contributed by atoms with E-state index < -0.39 is 31.4 Å². The smallest absolute Gasteiger partial charge is 0.293 e. The Morgan fingerprint density at radius 3 is 2.24 bits per heavy atom. The van der Waals surface area contributed by atoms with Gasteiger partial charge in [0.25, 0.3) is 21.6 Å². The van der Waals surface area contributed by atoms with Gasteiger partial charge >= 0.3 is 0 Å². The maximum atomic E-state index is 14.1. The molecule has 15 heteroatoms. The molecule has 0 bridgehead atoms. The van der Waals surface area contributed by atoms with Crippen LogP contribution in [0.1, 0.15) is 22.3 Å².